The molecule has 0 bridgehead atoms. The lowest BCUT2D eigenvalue weighted by atomic mass is 10.0. The van der Waals surface area contributed by atoms with Crippen LogP contribution in [0.3, 0.4) is 0 Å². The van der Waals surface area contributed by atoms with Gasteiger partial charge in [0.1, 0.15) is 6.54 Å². The lowest BCUT2D eigenvalue weighted by molar-refractivity contribution is -0.119. The summed E-state index contributed by atoms with van der Waals surface area (Å²) in [6.07, 6.45) is 0. The van der Waals surface area contributed by atoms with Gasteiger partial charge in [0.15, 0.2) is 0 Å². The highest BCUT2D eigenvalue weighted by Gasteiger charge is 2.28. The standard InChI is InChI=1S/C25H27ClN2O3S/c1-18-9-12-23(13-10-18)32(30,31)28(24-14-11-22(26)15-19(24)2)17-25(29)27-16-20(3)21-7-5-4-6-8-21/h4-15,20H,16-17H2,1-3H3,(H,27,29). The maximum atomic E-state index is 13.5. The number of anilines is 1. The number of hydrogen-bond donors (Lipinski definition) is 1. The van der Waals surface area contributed by atoms with Crippen molar-refractivity contribution in [3.8, 4) is 0 Å². The second-order valence-electron chi connectivity index (χ2n) is 7.87. The number of carbonyl (C=O) groups is 1. The molecule has 1 amide bonds. The summed E-state index contributed by atoms with van der Waals surface area (Å²) < 4.78 is 28.1. The zero-order chi connectivity index (χ0) is 23.3. The van der Waals surface area contributed by atoms with Crippen molar-refractivity contribution < 1.29 is 13.2 Å². The third-order valence-electron chi connectivity index (χ3n) is 5.30. The van der Waals surface area contributed by atoms with E-state index < -0.39 is 10.0 Å². The molecule has 7 heteroatoms. The van der Waals surface area contributed by atoms with Gasteiger partial charge in [-0.1, -0.05) is 66.6 Å². The molecule has 1 N–H and O–H groups in total. The Labute approximate surface area is 195 Å². The molecule has 0 spiro atoms. The first-order valence-corrected chi connectivity index (χ1v) is 12.2. The van der Waals surface area contributed by atoms with Gasteiger partial charge >= 0.3 is 0 Å². The Morgan fingerprint density at radius 3 is 2.28 bits per heavy atom. The number of hydrogen-bond acceptors (Lipinski definition) is 3. The molecular weight excluding hydrogens is 444 g/mol. The molecule has 168 valence electrons. The van der Waals surface area contributed by atoms with Crippen LogP contribution < -0.4 is 9.62 Å². The number of benzene rings is 3. The second kappa shape index (κ2) is 10.2. The molecule has 1 unspecified atom stereocenters. The molecule has 0 saturated carbocycles. The van der Waals surface area contributed by atoms with Gasteiger partial charge in [-0.25, -0.2) is 8.42 Å². The van der Waals surface area contributed by atoms with Gasteiger partial charge in [-0.3, -0.25) is 9.10 Å². The van der Waals surface area contributed by atoms with Gasteiger partial charge in [-0.15, -0.1) is 0 Å². The van der Waals surface area contributed by atoms with Gasteiger partial charge < -0.3 is 5.32 Å². The van der Waals surface area contributed by atoms with E-state index in [1.54, 1.807) is 49.4 Å². The van der Waals surface area contributed by atoms with Crippen molar-refractivity contribution in [2.45, 2.75) is 31.6 Å². The van der Waals surface area contributed by atoms with Crippen LogP contribution in [0, 0.1) is 13.8 Å². The summed E-state index contributed by atoms with van der Waals surface area (Å²) in [7, 11) is -3.96. The Morgan fingerprint density at radius 2 is 1.66 bits per heavy atom. The molecule has 0 aliphatic rings. The van der Waals surface area contributed by atoms with Crippen LogP contribution in [-0.4, -0.2) is 27.4 Å². The van der Waals surface area contributed by atoms with E-state index in [1.165, 1.54) is 0 Å². The third-order valence-corrected chi connectivity index (χ3v) is 7.31. The summed E-state index contributed by atoms with van der Waals surface area (Å²) in [4.78, 5) is 13.0. The molecule has 5 nitrogen and oxygen atoms in total. The van der Waals surface area contributed by atoms with Gasteiger partial charge in [0.2, 0.25) is 5.91 Å². The van der Waals surface area contributed by atoms with Crippen molar-refractivity contribution in [1.82, 2.24) is 5.32 Å². The Balaban J connectivity index is 1.85. The second-order valence-corrected chi connectivity index (χ2v) is 10.2. The minimum atomic E-state index is -3.96. The molecule has 3 rings (SSSR count). The molecule has 0 saturated heterocycles. The van der Waals surface area contributed by atoms with E-state index in [1.807, 2.05) is 44.2 Å². The smallest absolute Gasteiger partial charge is 0.264 e. The van der Waals surface area contributed by atoms with Crippen LogP contribution >= 0.6 is 11.6 Å². The third kappa shape index (κ3) is 5.69. The lowest BCUT2D eigenvalue weighted by Crippen LogP contribution is -2.42. The highest BCUT2D eigenvalue weighted by atomic mass is 35.5. The number of aryl methyl sites for hydroxylation is 2. The van der Waals surface area contributed by atoms with Crippen molar-refractivity contribution >= 4 is 33.2 Å². The van der Waals surface area contributed by atoms with Gasteiger partial charge in [0.05, 0.1) is 10.6 Å². The molecule has 0 heterocycles. The fourth-order valence-electron chi connectivity index (χ4n) is 3.39. The maximum Gasteiger partial charge on any atom is 0.264 e. The summed E-state index contributed by atoms with van der Waals surface area (Å²) in [5, 5.41) is 3.37. The molecule has 1 atom stereocenters. The topological polar surface area (TPSA) is 66.5 Å². The number of amides is 1. The first-order valence-electron chi connectivity index (χ1n) is 10.4. The van der Waals surface area contributed by atoms with Crippen molar-refractivity contribution in [1.29, 1.82) is 0 Å². The fraction of sp³-hybridized carbons (Fsp3) is 0.240. The van der Waals surface area contributed by atoms with Gasteiger partial charge in [0.25, 0.3) is 10.0 Å². The number of nitrogens with one attached hydrogen (secondary N) is 1. The van der Waals surface area contributed by atoms with Crippen molar-refractivity contribution in [2.75, 3.05) is 17.4 Å². The number of carbonyl (C=O) groups excluding carboxylic acids is 1. The Morgan fingerprint density at radius 1 is 1.00 bits per heavy atom. The fourth-order valence-corrected chi connectivity index (χ4v) is 5.10. The molecule has 0 fully saturated rings. The summed E-state index contributed by atoms with van der Waals surface area (Å²) in [5.74, 6) is -0.280. The van der Waals surface area contributed by atoms with E-state index in [2.05, 4.69) is 5.32 Å². The largest absolute Gasteiger partial charge is 0.354 e. The van der Waals surface area contributed by atoms with E-state index in [9.17, 15) is 13.2 Å². The maximum absolute atomic E-state index is 13.5. The highest BCUT2D eigenvalue weighted by Crippen LogP contribution is 2.29. The number of rotatable bonds is 8. The van der Waals surface area contributed by atoms with E-state index in [0.29, 0.717) is 22.8 Å². The predicted octanol–water partition coefficient (Wildman–Crippen LogP) is 5.07. The first-order chi connectivity index (χ1) is 15.2. The molecule has 0 radical (unpaired) electrons. The van der Waals surface area contributed by atoms with Crippen molar-refractivity contribution in [3.05, 3.63) is 94.5 Å². The number of nitrogens with zero attached hydrogens (tertiary/aromatic N) is 1. The Hall–Kier alpha value is -2.83. The molecule has 3 aromatic carbocycles. The minimum absolute atomic E-state index is 0.0968. The molecule has 0 aliphatic carbocycles. The quantitative estimate of drug-likeness (QED) is 0.499. The van der Waals surface area contributed by atoms with Gasteiger partial charge in [-0.05, 0) is 61.2 Å². The highest BCUT2D eigenvalue weighted by molar-refractivity contribution is 7.92. The molecular formula is C25H27ClN2O3S. The first kappa shape index (κ1) is 23.8. The minimum Gasteiger partial charge on any atom is -0.354 e. The summed E-state index contributed by atoms with van der Waals surface area (Å²) in [6.45, 7) is 5.74. The van der Waals surface area contributed by atoms with E-state index in [0.717, 1.165) is 15.4 Å². The van der Waals surface area contributed by atoms with Crippen LogP contribution in [0.15, 0.2) is 77.7 Å². The average Bonchev–Trinajstić information content (AvgIpc) is 2.77. The molecule has 0 aromatic heterocycles. The van der Waals surface area contributed by atoms with Gasteiger partial charge in [0, 0.05) is 11.6 Å². The molecule has 32 heavy (non-hydrogen) atoms. The van der Waals surface area contributed by atoms with Crippen LogP contribution in [0.4, 0.5) is 5.69 Å². The zero-order valence-corrected chi connectivity index (χ0v) is 20.0. The number of halogens is 1. The van der Waals surface area contributed by atoms with Crippen LogP contribution in [-0.2, 0) is 14.8 Å². The lowest BCUT2D eigenvalue weighted by Gasteiger charge is -2.26. The summed E-state index contributed by atoms with van der Waals surface area (Å²) in [6, 6.07) is 21.4. The number of sulfonamides is 1. The summed E-state index contributed by atoms with van der Waals surface area (Å²) in [5.41, 5.74) is 3.14. The Bertz CT molecular complexity index is 1180. The van der Waals surface area contributed by atoms with Crippen LogP contribution in [0.2, 0.25) is 5.02 Å². The van der Waals surface area contributed by atoms with Crippen LogP contribution in [0.25, 0.3) is 0 Å². The van der Waals surface area contributed by atoms with Crippen molar-refractivity contribution in [2.24, 2.45) is 0 Å². The van der Waals surface area contributed by atoms with E-state index in [-0.39, 0.29) is 23.3 Å². The molecule has 3 aromatic rings. The SMILES string of the molecule is Cc1ccc(S(=O)(=O)N(CC(=O)NCC(C)c2ccccc2)c2ccc(Cl)cc2C)cc1. The zero-order valence-electron chi connectivity index (χ0n) is 18.4. The normalized spacial score (nSPS) is 12.2. The van der Waals surface area contributed by atoms with E-state index in [4.69, 9.17) is 11.6 Å². The monoisotopic (exact) mass is 470 g/mol. The van der Waals surface area contributed by atoms with Crippen LogP contribution in [0.5, 0.6) is 0 Å². The predicted molar refractivity (Wildman–Crippen MR) is 130 cm³/mol. The van der Waals surface area contributed by atoms with Crippen LogP contribution in [0.1, 0.15) is 29.5 Å². The van der Waals surface area contributed by atoms with Crippen molar-refractivity contribution in [3.63, 3.8) is 0 Å². The van der Waals surface area contributed by atoms with E-state index >= 15 is 0 Å². The molecule has 0 aliphatic heterocycles. The Kier molecular flexibility index (Phi) is 7.59. The van der Waals surface area contributed by atoms with Gasteiger partial charge in [-0.2, -0.15) is 0 Å². The average molecular weight is 471 g/mol. The summed E-state index contributed by atoms with van der Waals surface area (Å²) >= 11 is 6.07.